The minimum absolute atomic E-state index is 0.00373. The van der Waals surface area contributed by atoms with Crippen LogP contribution in [0.5, 0.6) is 0 Å². The Labute approximate surface area is 108 Å². The molecule has 1 fully saturated rings. The average molecular weight is 262 g/mol. The van der Waals surface area contributed by atoms with E-state index in [0.717, 1.165) is 11.1 Å². The molecule has 1 aliphatic heterocycles. The Morgan fingerprint density at radius 1 is 1.35 bits per heavy atom. The lowest BCUT2D eigenvalue weighted by Gasteiger charge is -2.21. The van der Waals surface area contributed by atoms with Crippen molar-refractivity contribution < 1.29 is 4.79 Å². The first-order valence-corrected chi connectivity index (χ1v) is 6.59. The molecule has 3 nitrogen and oxygen atoms in total. The normalized spacial score (nSPS) is 20.6. The number of hydrogen-bond donors (Lipinski definition) is 2. The van der Waals surface area contributed by atoms with Crippen LogP contribution in [-0.4, -0.2) is 15.2 Å². The summed E-state index contributed by atoms with van der Waals surface area (Å²) in [5.74, 6) is 0.00373. The van der Waals surface area contributed by atoms with Crippen molar-refractivity contribution in [2.24, 2.45) is 0 Å². The maximum absolute atomic E-state index is 11.5. The van der Waals surface area contributed by atoms with E-state index >= 15 is 0 Å². The van der Waals surface area contributed by atoms with Crippen LogP contribution in [0.15, 0.2) is 30.5 Å². The number of thioether (sulfide) groups is 1. The minimum atomic E-state index is 0.00373. The summed E-state index contributed by atoms with van der Waals surface area (Å²) < 4.78 is 0.566. The number of benzene rings is 1. The molecule has 2 heterocycles. The topological polar surface area (TPSA) is 44.9 Å². The van der Waals surface area contributed by atoms with Gasteiger partial charge in [0.05, 0.1) is 0 Å². The fourth-order valence-electron chi connectivity index (χ4n) is 2.07. The van der Waals surface area contributed by atoms with Crippen LogP contribution in [-0.2, 0) is 4.79 Å². The van der Waals surface area contributed by atoms with Gasteiger partial charge in [0.2, 0.25) is 5.91 Å². The number of rotatable bonds is 1. The molecule has 1 aromatic carbocycles. The lowest BCUT2D eigenvalue weighted by molar-refractivity contribution is -0.119. The van der Waals surface area contributed by atoms with Crippen LogP contribution in [0.1, 0.15) is 17.2 Å². The van der Waals surface area contributed by atoms with Crippen molar-refractivity contribution >= 4 is 45.1 Å². The van der Waals surface area contributed by atoms with Gasteiger partial charge in [-0.25, -0.2) is 0 Å². The molecule has 0 radical (unpaired) electrons. The van der Waals surface area contributed by atoms with Crippen molar-refractivity contribution in [3.05, 3.63) is 36.0 Å². The van der Waals surface area contributed by atoms with Crippen molar-refractivity contribution in [3.8, 4) is 0 Å². The van der Waals surface area contributed by atoms with Crippen LogP contribution in [0.3, 0.4) is 0 Å². The molecule has 1 saturated heterocycles. The first-order valence-electron chi connectivity index (χ1n) is 5.30. The molecule has 0 spiro atoms. The number of fused-ring (bicyclic) bond motifs is 1. The SMILES string of the molecule is O=C1CC(c2c[nH]c3ccccc23)SC(=S)N1. The molecule has 1 aliphatic rings. The fourth-order valence-corrected chi connectivity index (χ4v) is 3.52. The maximum Gasteiger partial charge on any atom is 0.226 e. The molecule has 2 aromatic rings. The molecule has 1 unspecified atom stereocenters. The quantitative estimate of drug-likeness (QED) is 0.777. The van der Waals surface area contributed by atoms with Crippen LogP contribution in [0.2, 0.25) is 0 Å². The number of aromatic nitrogens is 1. The Morgan fingerprint density at radius 2 is 2.18 bits per heavy atom. The van der Waals surface area contributed by atoms with Crippen molar-refractivity contribution in [2.45, 2.75) is 11.7 Å². The number of H-pyrrole nitrogens is 1. The zero-order valence-electron chi connectivity index (χ0n) is 8.90. The summed E-state index contributed by atoms with van der Waals surface area (Å²) in [5.41, 5.74) is 2.25. The van der Waals surface area contributed by atoms with Crippen molar-refractivity contribution in [2.75, 3.05) is 0 Å². The third-order valence-corrected chi connectivity index (χ3v) is 4.24. The third kappa shape index (κ3) is 1.96. The van der Waals surface area contributed by atoms with E-state index in [0.29, 0.717) is 10.7 Å². The number of carbonyl (C=O) groups is 1. The van der Waals surface area contributed by atoms with Gasteiger partial charge < -0.3 is 10.3 Å². The van der Waals surface area contributed by atoms with Gasteiger partial charge in [0.25, 0.3) is 0 Å². The monoisotopic (exact) mass is 262 g/mol. The highest BCUT2D eigenvalue weighted by atomic mass is 32.2. The predicted octanol–water partition coefficient (Wildman–Crippen LogP) is 2.75. The van der Waals surface area contributed by atoms with Crippen LogP contribution >= 0.6 is 24.0 Å². The summed E-state index contributed by atoms with van der Waals surface area (Å²) in [6.07, 6.45) is 2.45. The minimum Gasteiger partial charge on any atom is -0.361 e. The molecule has 3 rings (SSSR count). The van der Waals surface area contributed by atoms with E-state index in [4.69, 9.17) is 12.2 Å². The highest BCUT2D eigenvalue weighted by Gasteiger charge is 2.26. The van der Waals surface area contributed by atoms with E-state index in [-0.39, 0.29) is 11.2 Å². The summed E-state index contributed by atoms with van der Waals surface area (Å²) >= 11 is 6.62. The van der Waals surface area contributed by atoms with Crippen molar-refractivity contribution in [1.29, 1.82) is 0 Å². The van der Waals surface area contributed by atoms with Gasteiger partial charge >= 0.3 is 0 Å². The van der Waals surface area contributed by atoms with Gasteiger partial charge in [-0.1, -0.05) is 42.2 Å². The van der Waals surface area contributed by atoms with Crippen LogP contribution in [0.4, 0.5) is 0 Å². The van der Waals surface area contributed by atoms with Crippen molar-refractivity contribution in [3.63, 3.8) is 0 Å². The van der Waals surface area contributed by atoms with Gasteiger partial charge in [-0.2, -0.15) is 0 Å². The molecule has 0 saturated carbocycles. The molecule has 86 valence electrons. The Hall–Kier alpha value is -1.33. The zero-order valence-corrected chi connectivity index (χ0v) is 10.5. The lowest BCUT2D eigenvalue weighted by Crippen LogP contribution is -2.32. The molecule has 2 N–H and O–H groups in total. The second-order valence-electron chi connectivity index (χ2n) is 3.94. The molecule has 1 amide bonds. The Kier molecular flexibility index (Phi) is 2.64. The second kappa shape index (κ2) is 4.16. The molecular formula is C12H10N2OS2. The molecule has 17 heavy (non-hydrogen) atoms. The van der Waals surface area contributed by atoms with Crippen LogP contribution < -0.4 is 5.32 Å². The molecule has 0 aliphatic carbocycles. The van der Waals surface area contributed by atoms with Gasteiger partial charge in [-0.15, -0.1) is 0 Å². The van der Waals surface area contributed by atoms with E-state index in [1.54, 1.807) is 11.8 Å². The Morgan fingerprint density at radius 3 is 3.00 bits per heavy atom. The van der Waals surface area contributed by atoms with E-state index in [1.807, 2.05) is 24.4 Å². The lowest BCUT2D eigenvalue weighted by atomic mass is 10.1. The second-order valence-corrected chi connectivity index (χ2v) is 5.82. The smallest absolute Gasteiger partial charge is 0.226 e. The van der Waals surface area contributed by atoms with E-state index in [9.17, 15) is 4.79 Å². The largest absolute Gasteiger partial charge is 0.361 e. The van der Waals surface area contributed by atoms with Gasteiger partial charge in [0.1, 0.15) is 4.32 Å². The summed E-state index contributed by atoms with van der Waals surface area (Å²) in [7, 11) is 0. The molecule has 1 aromatic heterocycles. The number of para-hydroxylation sites is 1. The van der Waals surface area contributed by atoms with Gasteiger partial charge in [-0.05, 0) is 11.6 Å². The third-order valence-electron chi connectivity index (χ3n) is 2.83. The fraction of sp³-hybridized carbons (Fsp3) is 0.167. The number of carbonyl (C=O) groups excluding carboxylic acids is 1. The average Bonchev–Trinajstić information content (AvgIpc) is 2.71. The van der Waals surface area contributed by atoms with Gasteiger partial charge in [0, 0.05) is 28.8 Å². The molecule has 0 bridgehead atoms. The standard InChI is InChI=1S/C12H10N2OS2/c15-11-5-10(17-12(16)14-11)8-6-13-9-4-2-1-3-7(8)9/h1-4,6,10,13H,5H2,(H,14,15,16). The first-order chi connectivity index (χ1) is 8.24. The van der Waals surface area contributed by atoms with E-state index < -0.39 is 0 Å². The Bertz CT molecular complexity index is 589. The van der Waals surface area contributed by atoms with Gasteiger partial charge in [-0.3, -0.25) is 4.79 Å². The number of nitrogens with one attached hydrogen (secondary N) is 2. The summed E-state index contributed by atoms with van der Waals surface area (Å²) in [6, 6.07) is 8.10. The predicted molar refractivity (Wildman–Crippen MR) is 74.0 cm³/mol. The van der Waals surface area contributed by atoms with Crippen LogP contribution in [0, 0.1) is 0 Å². The van der Waals surface area contributed by atoms with Gasteiger partial charge in [0.15, 0.2) is 0 Å². The number of thiocarbonyl (C=S) groups is 1. The van der Waals surface area contributed by atoms with Crippen molar-refractivity contribution in [1.82, 2.24) is 10.3 Å². The number of hydrogen-bond acceptors (Lipinski definition) is 3. The molecular weight excluding hydrogens is 252 g/mol. The summed E-state index contributed by atoms with van der Waals surface area (Å²) in [5, 5.41) is 3.95. The van der Waals surface area contributed by atoms with Crippen LogP contribution in [0.25, 0.3) is 10.9 Å². The summed E-state index contributed by atoms with van der Waals surface area (Å²) in [4.78, 5) is 14.7. The van der Waals surface area contributed by atoms with E-state index in [1.165, 1.54) is 5.39 Å². The number of amides is 1. The number of aromatic amines is 1. The highest BCUT2D eigenvalue weighted by molar-refractivity contribution is 8.23. The highest BCUT2D eigenvalue weighted by Crippen LogP contribution is 2.38. The zero-order chi connectivity index (χ0) is 11.8. The first kappa shape index (κ1) is 10.8. The Balaban J connectivity index is 2.03. The summed E-state index contributed by atoms with van der Waals surface area (Å²) in [6.45, 7) is 0. The van der Waals surface area contributed by atoms with E-state index in [2.05, 4.69) is 16.4 Å². The molecule has 5 heteroatoms. The molecule has 1 atom stereocenters. The maximum atomic E-state index is 11.5.